The van der Waals surface area contributed by atoms with Gasteiger partial charge in [-0.3, -0.25) is 15.1 Å². The number of carbonyl (C=O) groups excluding carboxylic acids is 1. The molecule has 2 heterocycles. The molecule has 1 aliphatic rings. The summed E-state index contributed by atoms with van der Waals surface area (Å²) in [6, 6.07) is 3.36. The molecule has 2 atom stereocenters. The molecule has 2 aromatic rings. The van der Waals surface area contributed by atoms with Gasteiger partial charge in [-0.05, 0) is 37.1 Å². The highest BCUT2D eigenvalue weighted by Crippen LogP contribution is 2.38. The van der Waals surface area contributed by atoms with Crippen LogP contribution in [0, 0.1) is 5.92 Å². The molecule has 0 saturated heterocycles. The van der Waals surface area contributed by atoms with E-state index in [4.69, 9.17) is 9.47 Å². The lowest BCUT2D eigenvalue weighted by Crippen LogP contribution is -2.16. The smallest absolute Gasteiger partial charge is 0.257 e. The highest BCUT2D eigenvalue weighted by Gasteiger charge is 2.26. The van der Waals surface area contributed by atoms with Crippen LogP contribution in [0.5, 0.6) is 0 Å². The van der Waals surface area contributed by atoms with E-state index in [0.29, 0.717) is 23.9 Å². The van der Waals surface area contributed by atoms with Crippen molar-refractivity contribution in [2.24, 2.45) is 5.92 Å². The summed E-state index contributed by atoms with van der Waals surface area (Å²) in [7, 11) is 1.69. The van der Waals surface area contributed by atoms with Crippen LogP contribution in [0.2, 0.25) is 0 Å². The summed E-state index contributed by atoms with van der Waals surface area (Å²) in [5, 5.41) is 5.48. The number of allylic oxidation sites excluding steroid dienone is 3. The van der Waals surface area contributed by atoms with Gasteiger partial charge in [-0.1, -0.05) is 12.5 Å². The van der Waals surface area contributed by atoms with Gasteiger partial charge in [0.25, 0.3) is 5.91 Å². The van der Waals surface area contributed by atoms with E-state index in [2.05, 4.69) is 41.3 Å². The molecule has 2 unspecified atom stereocenters. The second-order valence-corrected chi connectivity index (χ2v) is 7.61. The summed E-state index contributed by atoms with van der Waals surface area (Å²) in [6.45, 7) is 5.60. The Bertz CT molecular complexity index is 861. The van der Waals surface area contributed by atoms with E-state index in [-0.39, 0.29) is 17.7 Å². The minimum atomic E-state index is -0.182. The lowest BCUT2D eigenvalue weighted by atomic mass is 9.81. The lowest BCUT2D eigenvalue weighted by Gasteiger charge is -2.26. The molecule has 1 N–H and O–H groups in total. The fraction of sp³-hybridized carbons (Fsp3) is 0.381. The number of hydrogen-bond donors (Lipinski definition) is 1. The average Bonchev–Trinajstić information content (AvgIpc) is 3.13. The number of nitrogens with one attached hydrogen (secondary N) is 1. The SMILES string of the molecule is COCCCOC1=CC(C)C(c2csc(NC(=O)c3ccncc3)n2)C(C)=C1. The number of thiazole rings is 1. The number of anilines is 1. The topological polar surface area (TPSA) is 73.3 Å². The normalized spacial score (nSPS) is 19.0. The molecule has 2 aromatic heterocycles. The Morgan fingerprint density at radius 2 is 2.07 bits per heavy atom. The van der Waals surface area contributed by atoms with Gasteiger partial charge in [-0.15, -0.1) is 11.3 Å². The van der Waals surface area contributed by atoms with Crippen LogP contribution in [0.15, 0.2) is 53.4 Å². The summed E-state index contributed by atoms with van der Waals surface area (Å²) in [6.07, 6.45) is 8.28. The summed E-state index contributed by atoms with van der Waals surface area (Å²) in [5.74, 6) is 1.15. The van der Waals surface area contributed by atoms with Crippen LogP contribution in [-0.2, 0) is 9.47 Å². The molecule has 1 amide bonds. The van der Waals surface area contributed by atoms with Gasteiger partial charge in [0.05, 0.1) is 12.3 Å². The molecule has 0 radical (unpaired) electrons. The Morgan fingerprint density at radius 3 is 2.79 bits per heavy atom. The maximum Gasteiger partial charge on any atom is 0.257 e. The molecule has 3 rings (SSSR count). The molecule has 0 bridgehead atoms. The minimum absolute atomic E-state index is 0.175. The van der Waals surface area contributed by atoms with Gasteiger partial charge in [-0.2, -0.15) is 0 Å². The molecule has 0 aromatic carbocycles. The molecule has 0 saturated carbocycles. The zero-order chi connectivity index (χ0) is 19.9. The monoisotopic (exact) mass is 399 g/mol. The minimum Gasteiger partial charge on any atom is -0.494 e. The third kappa shape index (κ3) is 5.05. The predicted molar refractivity (Wildman–Crippen MR) is 110 cm³/mol. The largest absolute Gasteiger partial charge is 0.494 e. The molecule has 6 nitrogen and oxygen atoms in total. The van der Waals surface area contributed by atoms with Gasteiger partial charge in [0.2, 0.25) is 0 Å². The first kappa shape index (κ1) is 20.2. The maximum absolute atomic E-state index is 12.3. The van der Waals surface area contributed by atoms with Crippen LogP contribution in [0.3, 0.4) is 0 Å². The molecule has 148 valence electrons. The van der Waals surface area contributed by atoms with Gasteiger partial charge in [0.15, 0.2) is 5.13 Å². The fourth-order valence-electron chi connectivity index (χ4n) is 3.28. The van der Waals surface area contributed by atoms with E-state index in [1.807, 2.05) is 5.38 Å². The highest BCUT2D eigenvalue weighted by molar-refractivity contribution is 7.14. The maximum atomic E-state index is 12.3. The first-order chi connectivity index (χ1) is 13.6. The van der Waals surface area contributed by atoms with Gasteiger partial charge in [0.1, 0.15) is 5.76 Å². The number of ether oxygens (including phenoxy) is 2. The Hall–Kier alpha value is -2.51. The van der Waals surface area contributed by atoms with Crippen molar-refractivity contribution in [3.8, 4) is 0 Å². The molecular formula is C21H25N3O3S. The standard InChI is InChI=1S/C21H25N3O3S/c1-14-11-17(27-10-4-9-26-3)12-15(2)19(14)18-13-28-21(23-18)24-20(25)16-5-7-22-8-6-16/h5-8,11-14,19H,4,9-10H2,1-3H3,(H,23,24,25). The number of aromatic nitrogens is 2. The summed E-state index contributed by atoms with van der Waals surface area (Å²) >= 11 is 1.44. The number of carbonyl (C=O) groups is 1. The number of amides is 1. The van der Waals surface area contributed by atoms with Gasteiger partial charge in [0, 0.05) is 49.4 Å². The quantitative estimate of drug-likeness (QED) is 0.666. The third-order valence-corrected chi connectivity index (χ3v) is 5.35. The molecule has 0 fully saturated rings. The second kappa shape index (κ2) is 9.61. The van der Waals surface area contributed by atoms with Crippen LogP contribution in [0.4, 0.5) is 5.13 Å². The summed E-state index contributed by atoms with van der Waals surface area (Å²) in [4.78, 5) is 20.9. The Labute approximate surface area is 169 Å². The van der Waals surface area contributed by atoms with Crippen molar-refractivity contribution in [2.45, 2.75) is 26.2 Å². The van der Waals surface area contributed by atoms with Gasteiger partial charge in [-0.25, -0.2) is 4.98 Å². The van der Waals surface area contributed by atoms with E-state index in [1.165, 1.54) is 16.9 Å². The zero-order valence-electron chi connectivity index (χ0n) is 16.3. The Balaban J connectivity index is 1.64. The second-order valence-electron chi connectivity index (χ2n) is 6.76. The highest BCUT2D eigenvalue weighted by atomic mass is 32.1. The Kier molecular flexibility index (Phi) is 6.95. The van der Waals surface area contributed by atoms with Crippen LogP contribution >= 0.6 is 11.3 Å². The number of nitrogens with zero attached hydrogens (tertiary/aromatic N) is 2. The van der Waals surface area contributed by atoms with Crippen LogP contribution < -0.4 is 5.32 Å². The van der Waals surface area contributed by atoms with Gasteiger partial charge < -0.3 is 9.47 Å². The van der Waals surface area contributed by atoms with Crippen molar-refractivity contribution in [3.63, 3.8) is 0 Å². The molecule has 0 aliphatic heterocycles. The number of methoxy groups -OCH3 is 1. The molecule has 7 heteroatoms. The molecule has 28 heavy (non-hydrogen) atoms. The summed E-state index contributed by atoms with van der Waals surface area (Å²) < 4.78 is 10.9. The Morgan fingerprint density at radius 1 is 1.29 bits per heavy atom. The van der Waals surface area contributed by atoms with Crippen molar-refractivity contribution in [2.75, 3.05) is 25.6 Å². The zero-order valence-corrected chi connectivity index (χ0v) is 17.2. The molecule has 1 aliphatic carbocycles. The first-order valence-corrected chi connectivity index (χ1v) is 10.1. The van der Waals surface area contributed by atoms with Crippen LogP contribution in [-0.4, -0.2) is 36.2 Å². The van der Waals surface area contributed by atoms with Crippen LogP contribution in [0.25, 0.3) is 0 Å². The van der Waals surface area contributed by atoms with Crippen molar-refractivity contribution in [1.82, 2.24) is 9.97 Å². The number of rotatable bonds is 8. The van der Waals surface area contributed by atoms with Gasteiger partial charge >= 0.3 is 0 Å². The lowest BCUT2D eigenvalue weighted by molar-refractivity contribution is 0.102. The molecule has 0 spiro atoms. The first-order valence-electron chi connectivity index (χ1n) is 9.27. The number of hydrogen-bond acceptors (Lipinski definition) is 6. The van der Waals surface area contributed by atoms with Crippen molar-refractivity contribution in [1.29, 1.82) is 0 Å². The van der Waals surface area contributed by atoms with E-state index in [1.54, 1.807) is 31.6 Å². The van der Waals surface area contributed by atoms with E-state index in [9.17, 15) is 4.79 Å². The van der Waals surface area contributed by atoms with E-state index < -0.39 is 0 Å². The van der Waals surface area contributed by atoms with E-state index >= 15 is 0 Å². The number of pyridine rings is 1. The van der Waals surface area contributed by atoms with Crippen LogP contribution in [0.1, 0.15) is 42.2 Å². The average molecular weight is 400 g/mol. The molecular weight excluding hydrogens is 374 g/mol. The predicted octanol–water partition coefficient (Wildman–Crippen LogP) is 4.41. The van der Waals surface area contributed by atoms with E-state index in [0.717, 1.165) is 17.9 Å². The van der Waals surface area contributed by atoms with Crippen molar-refractivity contribution < 1.29 is 14.3 Å². The summed E-state index contributed by atoms with van der Waals surface area (Å²) in [5.41, 5.74) is 2.73. The third-order valence-electron chi connectivity index (χ3n) is 4.58. The fourth-order valence-corrected chi connectivity index (χ4v) is 4.02. The van der Waals surface area contributed by atoms with Crippen molar-refractivity contribution in [3.05, 3.63) is 64.6 Å². The van der Waals surface area contributed by atoms with Crippen molar-refractivity contribution >= 4 is 22.4 Å².